The number of hydrogen-bond donors (Lipinski definition) is 4. The molecule has 0 fully saturated rings. The molecular formula is C27H36N4O6. The zero-order valence-electron chi connectivity index (χ0n) is 21.4. The van der Waals surface area contributed by atoms with Gasteiger partial charge in [0.1, 0.15) is 11.5 Å². The zero-order valence-corrected chi connectivity index (χ0v) is 21.4. The highest BCUT2D eigenvalue weighted by atomic mass is 16.5. The van der Waals surface area contributed by atoms with E-state index in [1.54, 1.807) is 36.4 Å². The van der Waals surface area contributed by atoms with E-state index in [2.05, 4.69) is 24.7 Å². The molecule has 2 aromatic carbocycles. The van der Waals surface area contributed by atoms with Crippen molar-refractivity contribution < 1.29 is 28.7 Å². The normalized spacial score (nSPS) is 10.2. The van der Waals surface area contributed by atoms with Crippen LogP contribution < -0.4 is 31.2 Å². The van der Waals surface area contributed by atoms with Crippen LogP contribution in [-0.4, -0.2) is 36.8 Å². The topological polar surface area (TPSA) is 135 Å². The van der Waals surface area contributed by atoms with Crippen LogP contribution in [0.3, 0.4) is 0 Å². The maximum Gasteiger partial charge on any atom is 0.329 e. The van der Waals surface area contributed by atoms with E-state index in [0.29, 0.717) is 24.7 Å². The number of carbonyl (C=O) groups is 4. The maximum atomic E-state index is 12.2. The second-order valence-corrected chi connectivity index (χ2v) is 8.33. The first-order valence-electron chi connectivity index (χ1n) is 12.6. The van der Waals surface area contributed by atoms with Crippen molar-refractivity contribution in [2.24, 2.45) is 0 Å². The first-order chi connectivity index (χ1) is 17.9. The summed E-state index contributed by atoms with van der Waals surface area (Å²) < 4.78 is 11.2. The Hall–Kier alpha value is -4.08. The Labute approximate surface area is 217 Å². The van der Waals surface area contributed by atoms with Gasteiger partial charge in [-0.25, -0.2) is 0 Å². The number of rotatable bonds is 13. The molecule has 0 aliphatic carbocycles. The fraction of sp³-hybridized carbons (Fsp3) is 0.407. The highest BCUT2D eigenvalue weighted by Gasteiger charge is 2.16. The molecule has 0 aliphatic rings. The van der Waals surface area contributed by atoms with E-state index in [1.807, 2.05) is 10.9 Å². The van der Waals surface area contributed by atoms with Crippen molar-refractivity contribution in [3.05, 3.63) is 59.7 Å². The highest BCUT2D eigenvalue weighted by Crippen LogP contribution is 2.14. The summed E-state index contributed by atoms with van der Waals surface area (Å²) in [4.78, 5) is 48.3. The summed E-state index contributed by atoms with van der Waals surface area (Å²) >= 11 is 0. The lowest BCUT2D eigenvalue weighted by atomic mass is 10.2. The molecule has 0 atom stereocenters. The van der Waals surface area contributed by atoms with E-state index in [9.17, 15) is 19.2 Å². The molecule has 0 heterocycles. The van der Waals surface area contributed by atoms with Crippen molar-refractivity contribution in [1.29, 1.82) is 0 Å². The predicted octanol–water partition coefficient (Wildman–Crippen LogP) is 3.44. The maximum absolute atomic E-state index is 12.2. The van der Waals surface area contributed by atoms with Crippen molar-refractivity contribution in [1.82, 2.24) is 21.7 Å². The second-order valence-electron chi connectivity index (χ2n) is 8.33. The minimum Gasteiger partial charge on any atom is -0.494 e. The third kappa shape index (κ3) is 11.0. The Morgan fingerprint density at radius 3 is 1.38 bits per heavy atom. The Kier molecular flexibility index (Phi) is 13.1. The molecule has 0 saturated carbocycles. The van der Waals surface area contributed by atoms with Gasteiger partial charge in [0.05, 0.1) is 13.2 Å². The molecule has 0 saturated heterocycles. The average molecular weight is 513 g/mol. The van der Waals surface area contributed by atoms with Crippen LogP contribution in [0.15, 0.2) is 48.5 Å². The smallest absolute Gasteiger partial charge is 0.329 e. The van der Waals surface area contributed by atoms with Crippen LogP contribution in [0.4, 0.5) is 0 Å². The molecule has 0 radical (unpaired) electrons. The van der Waals surface area contributed by atoms with Crippen molar-refractivity contribution in [2.45, 2.75) is 58.8 Å². The first kappa shape index (κ1) is 29.2. The number of benzene rings is 2. The molecule has 10 heteroatoms. The van der Waals surface area contributed by atoms with Crippen LogP contribution >= 0.6 is 0 Å². The van der Waals surface area contributed by atoms with E-state index in [1.165, 1.54) is 31.4 Å². The van der Waals surface area contributed by atoms with Crippen molar-refractivity contribution in [3.8, 4) is 11.5 Å². The van der Waals surface area contributed by atoms with Gasteiger partial charge in [-0.2, -0.15) is 0 Å². The summed E-state index contributed by atoms with van der Waals surface area (Å²) in [5.41, 5.74) is 8.82. The van der Waals surface area contributed by atoms with Gasteiger partial charge in [0.15, 0.2) is 0 Å². The van der Waals surface area contributed by atoms with E-state index < -0.39 is 23.6 Å². The van der Waals surface area contributed by atoms with E-state index in [4.69, 9.17) is 9.47 Å². The third-order valence-electron chi connectivity index (χ3n) is 5.30. The van der Waals surface area contributed by atoms with Gasteiger partial charge in [0, 0.05) is 11.1 Å². The molecule has 0 spiro atoms. The lowest BCUT2D eigenvalue weighted by Gasteiger charge is -2.10. The van der Waals surface area contributed by atoms with Crippen LogP contribution in [0.5, 0.6) is 11.5 Å². The van der Waals surface area contributed by atoms with E-state index in [-0.39, 0.29) is 11.1 Å². The molecule has 0 aliphatic heterocycles. The van der Waals surface area contributed by atoms with Crippen LogP contribution in [0.1, 0.15) is 79.5 Å². The number of nitrogens with one attached hydrogen (secondary N) is 4. The molecule has 4 amide bonds. The minimum absolute atomic E-state index is 0.265. The van der Waals surface area contributed by atoms with Gasteiger partial charge in [0.2, 0.25) is 0 Å². The lowest BCUT2D eigenvalue weighted by Crippen LogP contribution is -2.52. The molecule has 10 nitrogen and oxygen atoms in total. The summed E-state index contributed by atoms with van der Waals surface area (Å²) in [5.74, 6) is -2.27. The van der Waals surface area contributed by atoms with Gasteiger partial charge in [0.25, 0.3) is 11.8 Å². The van der Waals surface area contributed by atoms with Gasteiger partial charge in [-0.15, -0.1) is 0 Å². The van der Waals surface area contributed by atoms with Crippen LogP contribution in [0, 0.1) is 0 Å². The number of unbranched alkanes of at least 4 members (excludes halogenated alkanes) is 5. The van der Waals surface area contributed by atoms with Gasteiger partial charge in [-0.05, 0) is 61.4 Å². The fourth-order valence-corrected chi connectivity index (χ4v) is 3.12. The van der Waals surface area contributed by atoms with Gasteiger partial charge >= 0.3 is 11.8 Å². The fourth-order valence-electron chi connectivity index (χ4n) is 3.12. The van der Waals surface area contributed by atoms with Gasteiger partial charge in [-0.1, -0.05) is 46.0 Å². The molecule has 4 N–H and O–H groups in total. The molecule has 37 heavy (non-hydrogen) atoms. The van der Waals surface area contributed by atoms with Crippen molar-refractivity contribution >= 4 is 23.6 Å². The Balaban J connectivity index is 1.69. The van der Waals surface area contributed by atoms with Crippen molar-refractivity contribution in [2.75, 3.05) is 13.2 Å². The molecule has 200 valence electrons. The van der Waals surface area contributed by atoms with Crippen LogP contribution in [0.25, 0.3) is 0 Å². The highest BCUT2D eigenvalue weighted by molar-refractivity contribution is 6.35. The summed E-state index contributed by atoms with van der Waals surface area (Å²) in [6, 6.07) is 12.8. The zero-order chi connectivity index (χ0) is 26.9. The molecule has 2 rings (SSSR count). The number of carbonyl (C=O) groups excluding carboxylic acids is 4. The molecule has 0 bridgehead atoms. The van der Waals surface area contributed by atoms with Gasteiger partial charge in [-0.3, -0.25) is 40.9 Å². The quantitative estimate of drug-likeness (QED) is 0.185. The first-order valence-corrected chi connectivity index (χ1v) is 12.6. The predicted molar refractivity (Wildman–Crippen MR) is 139 cm³/mol. The van der Waals surface area contributed by atoms with E-state index >= 15 is 0 Å². The molecule has 0 aromatic heterocycles. The number of amides is 4. The Bertz CT molecular complexity index is 1010. The summed E-state index contributed by atoms with van der Waals surface area (Å²) in [6.45, 7) is 5.42. The van der Waals surface area contributed by atoms with Crippen LogP contribution in [-0.2, 0) is 9.59 Å². The summed E-state index contributed by atoms with van der Waals surface area (Å²) in [7, 11) is 0. The van der Waals surface area contributed by atoms with Gasteiger partial charge < -0.3 is 9.47 Å². The standard InChI is InChI=1S/C27H36N4O6/c1-3-5-7-8-9-19-37-23-16-12-21(13-17-23)25(33)29-31-27(35)26(34)30-28-24(32)20-10-14-22(15-11-20)36-18-6-4-2/h10-17H,3-9,18-19H2,1-2H3,(H,28,32)(H,29,33)(H,30,34)(H,31,35). The lowest BCUT2D eigenvalue weighted by molar-refractivity contribution is -0.140. The van der Waals surface area contributed by atoms with Crippen LogP contribution in [0.2, 0.25) is 0 Å². The largest absolute Gasteiger partial charge is 0.494 e. The van der Waals surface area contributed by atoms with E-state index in [0.717, 1.165) is 25.7 Å². The SMILES string of the molecule is CCCCCCCOc1ccc(C(=O)NNC(=O)C(=O)NNC(=O)c2ccc(OCCCC)cc2)cc1. The number of ether oxygens (including phenoxy) is 2. The summed E-state index contributed by atoms with van der Waals surface area (Å²) in [6.07, 6.45) is 7.64. The average Bonchev–Trinajstić information content (AvgIpc) is 2.92. The third-order valence-corrected chi connectivity index (χ3v) is 5.30. The minimum atomic E-state index is -1.16. The summed E-state index contributed by atoms with van der Waals surface area (Å²) in [5, 5.41) is 0. The number of hydrazine groups is 2. The number of hydrogen-bond acceptors (Lipinski definition) is 6. The molecule has 0 unspecified atom stereocenters. The monoisotopic (exact) mass is 512 g/mol. The molecule has 2 aromatic rings. The Morgan fingerprint density at radius 2 is 0.946 bits per heavy atom. The van der Waals surface area contributed by atoms with Crippen molar-refractivity contribution in [3.63, 3.8) is 0 Å². The Morgan fingerprint density at radius 1 is 0.541 bits per heavy atom. The second kappa shape index (κ2) is 16.6. The molecular weight excluding hydrogens is 476 g/mol.